The van der Waals surface area contributed by atoms with Crippen molar-refractivity contribution in [2.45, 2.75) is 13.0 Å². The number of nitrogens with zero attached hydrogens (tertiary/aromatic N) is 1. The SMILES string of the molecule is CC1Nc2cnccc2NC1=O. The summed E-state index contributed by atoms with van der Waals surface area (Å²) >= 11 is 0. The first-order valence-electron chi connectivity index (χ1n) is 3.79. The summed E-state index contributed by atoms with van der Waals surface area (Å²) in [6.45, 7) is 1.81. The summed E-state index contributed by atoms with van der Waals surface area (Å²) in [5.41, 5.74) is 1.68. The van der Waals surface area contributed by atoms with Gasteiger partial charge in [0.15, 0.2) is 0 Å². The van der Waals surface area contributed by atoms with Gasteiger partial charge in [-0.15, -0.1) is 0 Å². The number of hydrogen-bond acceptors (Lipinski definition) is 3. The van der Waals surface area contributed by atoms with Crippen molar-refractivity contribution in [2.75, 3.05) is 10.6 Å². The van der Waals surface area contributed by atoms with Gasteiger partial charge in [-0.2, -0.15) is 0 Å². The van der Waals surface area contributed by atoms with E-state index in [4.69, 9.17) is 0 Å². The molecular weight excluding hydrogens is 154 g/mol. The highest BCUT2D eigenvalue weighted by molar-refractivity contribution is 6.02. The van der Waals surface area contributed by atoms with Crippen LogP contribution in [0.15, 0.2) is 18.5 Å². The van der Waals surface area contributed by atoms with Crippen LogP contribution in [0, 0.1) is 0 Å². The van der Waals surface area contributed by atoms with Crippen molar-refractivity contribution in [3.05, 3.63) is 18.5 Å². The van der Waals surface area contributed by atoms with Gasteiger partial charge in [0.05, 0.1) is 17.6 Å². The standard InChI is InChI=1S/C8H9N3O/c1-5-8(12)11-6-2-3-9-4-7(6)10-5/h2-5,10H,1H3,(H,11,12). The zero-order valence-corrected chi connectivity index (χ0v) is 6.66. The minimum absolute atomic E-state index is 0.00583. The van der Waals surface area contributed by atoms with Gasteiger partial charge in [0.1, 0.15) is 6.04 Å². The third-order valence-corrected chi connectivity index (χ3v) is 1.84. The number of pyridine rings is 1. The summed E-state index contributed by atoms with van der Waals surface area (Å²) in [7, 11) is 0. The molecular formula is C8H9N3O. The summed E-state index contributed by atoms with van der Waals surface area (Å²) in [6, 6.07) is 1.59. The average molecular weight is 163 g/mol. The molecule has 62 valence electrons. The molecule has 1 aliphatic heterocycles. The van der Waals surface area contributed by atoms with Gasteiger partial charge in [0.25, 0.3) is 0 Å². The molecule has 1 atom stereocenters. The molecule has 1 aromatic rings. The highest BCUT2D eigenvalue weighted by Gasteiger charge is 2.20. The first-order valence-corrected chi connectivity index (χ1v) is 3.79. The monoisotopic (exact) mass is 163 g/mol. The molecule has 0 spiro atoms. The summed E-state index contributed by atoms with van der Waals surface area (Å²) in [5, 5.41) is 5.80. The van der Waals surface area contributed by atoms with Crippen molar-refractivity contribution >= 4 is 17.3 Å². The second-order valence-electron chi connectivity index (χ2n) is 2.78. The fraction of sp³-hybridized carbons (Fsp3) is 0.250. The van der Waals surface area contributed by atoms with Crippen molar-refractivity contribution in [3.8, 4) is 0 Å². The maximum Gasteiger partial charge on any atom is 0.246 e. The van der Waals surface area contributed by atoms with Crippen LogP contribution in [-0.4, -0.2) is 16.9 Å². The predicted molar refractivity (Wildman–Crippen MR) is 46.0 cm³/mol. The van der Waals surface area contributed by atoms with Gasteiger partial charge in [-0.25, -0.2) is 0 Å². The fourth-order valence-corrected chi connectivity index (χ4v) is 1.16. The molecule has 2 rings (SSSR count). The largest absolute Gasteiger partial charge is 0.371 e. The molecule has 4 nitrogen and oxygen atoms in total. The molecule has 0 fully saturated rings. The Bertz CT molecular complexity index is 324. The van der Waals surface area contributed by atoms with E-state index < -0.39 is 0 Å². The summed E-state index contributed by atoms with van der Waals surface area (Å²) in [4.78, 5) is 15.1. The lowest BCUT2D eigenvalue weighted by Crippen LogP contribution is -2.36. The van der Waals surface area contributed by atoms with Gasteiger partial charge in [0.2, 0.25) is 5.91 Å². The maximum absolute atomic E-state index is 11.2. The Morgan fingerprint density at radius 3 is 3.17 bits per heavy atom. The van der Waals surface area contributed by atoms with Crippen LogP contribution in [-0.2, 0) is 4.79 Å². The Labute approximate surface area is 70.0 Å². The number of anilines is 2. The van der Waals surface area contributed by atoms with E-state index in [1.165, 1.54) is 0 Å². The summed E-state index contributed by atoms with van der Waals surface area (Å²) < 4.78 is 0. The Kier molecular flexibility index (Phi) is 1.46. The number of carbonyl (C=O) groups is 1. The minimum atomic E-state index is -0.179. The molecule has 1 aliphatic rings. The van der Waals surface area contributed by atoms with Crippen LogP contribution in [0.5, 0.6) is 0 Å². The van der Waals surface area contributed by atoms with Crippen LogP contribution in [0.1, 0.15) is 6.92 Å². The molecule has 4 heteroatoms. The smallest absolute Gasteiger partial charge is 0.246 e. The Morgan fingerprint density at radius 2 is 2.33 bits per heavy atom. The molecule has 0 bridgehead atoms. The predicted octanol–water partition coefficient (Wildman–Crippen LogP) is 0.834. The number of aromatic nitrogens is 1. The van der Waals surface area contributed by atoms with E-state index in [9.17, 15) is 4.79 Å². The lowest BCUT2D eigenvalue weighted by molar-refractivity contribution is -0.116. The first kappa shape index (κ1) is 7.09. The van der Waals surface area contributed by atoms with Crippen molar-refractivity contribution in [3.63, 3.8) is 0 Å². The Balaban J connectivity index is 2.40. The van der Waals surface area contributed by atoms with Gasteiger partial charge in [0, 0.05) is 6.20 Å². The second kappa shape index (κ2) is 2.48. The number of hydrogen-bond donors (Lipinski definition) is 2. The molecule has 0 saturated heterocycles. The molecule has 0 saturated carbocycles. The zero-order valence-electron chi connectivity index (χ0n) is 6.66. The van der Waals surface area contributed by atoms with Crippen molar-refractivity contribution in [2.24, 2.45) is 0 Å². The van der Waals surface area contributed by atoms with Crippen LogP contribution in [0.2, 0.25) is 0 Å². The Hall–Kier alpha value is -1.58. The van der Waals surface area contributed by atoms with Gasteiger partial charge < -0.3 is 10.6 Å². The molecule has 12 heavy (non-hydrogen) atoms. The Morgan fingerprint density at radius 1 is 1.50 bits per heavy atom. The van der Waals surface area contributed by atoms with Crippen LogP contribution in [0.25, 0.3) is 0 Å². The number of amides is 1. The molecule has 0 aliphatic carbocycles. The fourth-order valence-electron chi connectivity index (χ4n) is 1.16. The third-order valence-electron chi connectivity index (χ3n) is 1.84. The molecule has 0 aromatic carbocycles. The van der Waals surface area contributed by atoms with Crippen LogP contribution in [0.3, 0.4) is 0 Å². The zero-order chi connectivity index (χ0) is 8.55. The summed E-state index contributed by atoms with van der Waals surface area (Å²) in [6.07, 6.45) is 3.35. The molecule has 0 radical (unpaired) electrons. The molecule has 2 heterocycles. The van der Waals surface area contributed by atoms with Gasteiger partial charge in [-0.1, -0.05) is 0 Å². The number of fused-ring (bicyclic) bond motifs is 1. The quantitative estimate of drug-likeness (QED) is 0.595. The normalized spacial score (nSPS) is 20.8. The lowest BCUT2D eigenvalue weighted by atomic mass is 10.2. The first-order chi connectivity index (χ1) is 5.77. The van der Waals surface area contributed by atoms with E-state index in [0.717, 1.165) is 11.4 Å². The number of nitrogens with one attached hydrogen (secondary N) is 2. The summed E-state index contributed by atoms with van der Waals surface area (Å²) in [5.74, 6) is -0.00583. The average Bonchev–Trinajstić information content (AvgIpc) is 2.07. The number of carbonyl (C=O) groups excluding carboxylic acids is 1. The van der Waals surface area contributed by atoms with Gasteiger partial charge >= 0.3 is 0 Å². The third kappa shape index (κ3) is 1.01. The highest BCUT2D eigenvalue weighted by atomic mass is 16.2. The second-order valence-corrected chi connectivity index (χ2v) is 2.78. The molecule has 1 aromatic heterocycles. The van der Waals surface area contributed by atoms with E-state index in [2.05, 4.69) is 15.6 Å². The van der Waals surface area contributed by atoms with Crippen LogP contribution in [0.4, 0.5) is 11.4 Å². The minimum Gasteiger partial charge on any atom is -0.371 e. The maximum atomic E-state index is 11.2. The topological polar surface area (TPSA) is 54.0 Å². The van der Waals surface area contributed by atoms with E-state index >= 15 is 0 Å². The molecule has 2 N–H and O–H groups in total. The number of rotatable bonds is 0. The van der Waals surface area contributed by atoms with E-state index in [1.54, 1.807) is 18.5 Å². The van der Waals surface area contributed by atoms with E-state index in [-0.39, 0.29) is 11.9 Å². The van der Waals surface area contributed by atoms with Crippen LogP contribution >= 0.6 is 0 Å². The van der Waals surface area contributed by atoms with E-state index in [0.29, 0.717) is 0 Å². The molecule has 1 amide bonds. The molecule has 1 unspecified atom stereocenters. The van der Waals surface area contributed by atoms with Gasteiger partial charge in [-0.05, 0) is 13.0 Å². The lowest BCUT2D eigenvalue weighted by Gasteiger charge is -2.23. The van der Waals surface area contributed by atoms with Gasteiger partial charge in [-0.3, -0.25) is 9.78 Å². The van der Waals surface area contributed by atoms with Crippen LogP contribution < -0.4 is 10.6 Å². The van der Waals surface area contributed by atoms with Crippen molar-refractivity contribution in [1.82, 2.24) is 4.98 Å². The highest BCUT2D eigenvalue weighted by Crippen LogP contribution is 2.24. The van der Waals surface area contributed by atoms with E-state index in [1.807, 2.05) is 6.92 Å². The van der Waals surface area contributed by atoms with Crippen molar-refractivity contribution < 1.29 is 4.79 Å². The van der Waals surface area contributed by atoms with Crippen molar-refractivity contribution in [1.29, 1.82) is 0 Å².